The fraction of sp³-hybridized carbons (Fsp3) is 0.105. The maximum absolute atomic E-state index is 12.9. The highest BCUT2D eigenvalue weighted by molar-refractivity contribution is 9.10. The average Bonchev–Trinajstić information content (AvgIpc) is 3.14. The third-order valence-corrected chi connectivity index (χ3v) is 4.05. The van der Waals surface area contributed by atoms with Crippen LogP contribution in [0.3, 0.4) is 0 Å². The lowest BCUT2D eigenvalue weighted by atomic mass is 10.2. The van der Waals surface area contributed by atoms with Gasteiger partial charge < -0.3 is 14.5 Å². The molecular formula is C19H14BrFN2O4. The van der Waals surface area contributed by atoms with Gasteiger partial charge >= 0.3 is 5.97 Å². The van der Waals surface area contributed by atoms with Crippen molar-refractivity contribution in [3.8, 4) is 11.5 Å². The van der Waals surface area contributed by atoms with Crippen LogP contribution in [-0.4, -0.2) is 23.4 Å². The number of ether oxygens (including phenoxy) is 1. The Morgan fingerprint density at radius 2 is 1.81 bits per heavy atom. The summed E-state index contributed by atoms with van der Waals surface area (Å²) >= 11 is 3.28. The molecule has 1 heterocycles. The molecule has 6 nitrogen and oxygen atoms in total. The van der Waals surface area contributed by atoms with Crippen molar-refractivity contribution in [3.05, 3.63) is 76.3 Å². The summed E-state index contributed by atoms with van der Waals surface area (Å²) in [5, 5.41) is 2.48. The van der Waals surface area contributed by atoms with Gasteiger partial charge in [-0.05, 0) is 48.5 Å². The Morgan fingerprint density at radius 1 is 1.11 bits per heavy atom. The minimum atomic E-state index is -0.605. The number of amides is 1. The van der Waals surface area contributed by atoms with E-state index in [-0.39, 0.29) is 24.9 Å². The van der Waals surface area contributed by atoms with Gasteiger partial charge in [0.1, 0.15) is 30.9 Å². The topological polar surface area (TPSA) is 81.4 Å². The van der Waals surface area contributed by atoms with Gasteiger partial charge in [-0.2, -0.15) is 0 Å². The van der Waals surface area contributed by atoms with E-state index in [1.165, 1.54) is 30.5 Å². The predicted octanol–water partition coefficient (Wildman–Crippen LogP) is 3.72. The second kappa shape index (κ2) is 8.59. The summed E-state index contributed by atoms with van der Waals surface area (Å²) in [6.45, 7) is -0.366. The normalized spacial score (nSPS) is 10.4. The average molecular weight is 433 g/mol. The van der Waals surface area contributed by atoms with E-state index in [0.717, 1.165) is 4.47 Å². The summed E-state index contributed by atoms with van der Waals surface area (Å²) in [6, 6.07) is 12.4. The van der Waals surface area contributed by atoms with E-state index < -0.39 is 5.97 Å². The van der Waals surface area contributed by atoms with Gasteiger partial charge in [0.2, 0.25) is 5.89 Å². The molecule has 0 bridgehead atoms. The molecule has 0 aliphatic carbocycles. The SMILES string of the molecule is O=C(CNC(=O)c1ccc(Br)cc1)OCc1coc(-c2ccc(F)cc2)n1. The number of nitrogens with zero attached hydrogens (tertiary/aromatic N) is 1. The number of nitrogens with one attached hydrogen (secondary N) is 1. The summed E-state index contributed by atoms with van der Waals surface area (Å²) in [5.74, 6) is -1.04. The molecule has 2 aromatic carbocycles. The molecule has 27 heavy (non-hydrogen) atoms. The minimum absolute atomic E-state index is 0.0995. The molecule has 0 unspecified atom stereocenters. The first kappa shape index (κ1) is 18.8. The number of benzene rings is 2. The van der Waals surface area contributed by atoms with E-state index >= 15 is 0 Å². The highest BCUT2D eigenvalue weighted by Crippen LogP contribution is 2.19. The number of oxazole rings is 1. The van der Waals surface area contributed by atoms with Crippen molar-refractivity contribution in [1.82, 2.24) is 10.3 Å². The first-order chi connectivity index (χ1) is 13.0. The molecule has 1 amide bonds. The van der Waals surface area contributed by atoms with E-state index in [9.17, 15) is 14.0 Å². The molecule has 0 atom stereocenters. The van der Waals surface area contributed by atoms with E-state index in [1.54, 1.807) is 24.3 Å². The summed E-state index contributed by atoms with van der Waals surface area (Å²) in [5.41, 5.74) is 1.45. The van der Waals surface area contributed by atoms with Crippen LogP contribution in [0, 0.1) is 5.82 Å². The number of halogens is 2. The Bertz CT molecular complexity index is 939. The van der Waals surface area contributed by atoms with E-state index in [4.69, 9.17) is 9.15 Å². The van der Waals surface area contributed by atoms with Gasteiger partial charge in [0.05, 0.1) is 0 Å². The largest absolute Gasteiger partial charge is 0.458 e. The standard InChI is InChI=1S/C19H14BrFN2O4/c20-14-5-1-12(2-6-14)18(25)22-9-17(24)26-10-16-11-27-19(23-16)13-3-7-15(21)8-4-13/h1-8,11H,9-10H2,(H,22,25). The van der Waals surface area contributed by atoms with Gasteiger partial charge in [0.15, 0.2) is 0 Å². The maximum atomic E-state index is 12.9. The van der Waals surface area contributed by atoms with Crippen LogP contribution in [0.2, 0.25) is 0 Å². The molecule has 0 saturated heterocycles. The number of esters is 1. The molecule has 8 heteroatoms. The Labute approximate surface area is 162 Å². The molecule has 0 fully saturated rings. The Kier molecular flexibility index (Phi) is 5.97. The van der Waals surface area contributed by atoms with Crippen molar-refractivity contribution in [2.75, 3.05) is 6.54 Å². The van der Waals surface area contributed by atoms with Crippen molar-refractivity contribution in [1.29, 1.82) is 0 Å². The number of rotatable bonds is 6. The predicted molar refractivity (Wildman–Crippen MR) is 98.2 cm³/mol. The van der Waals surface area contributed by atoms with Crippen LogP contribution >= 0.6 is 15.9 Å². The Morgan fingerprint density at radius 3 is 2.52 bits per heavy atom. The molecule has 0 radical (unpaired) electrons. The zero-order valence-corrected chi connectivity index (χ0v) is 15.5. The van der Waals surface area contributed by atoms with Crippen molar-refractivity contribution < 1.29 is 23.1 Å². The van der Waals surface area contributed by atoms with Gasteiger partial charge in [-0.25, -0.2) is 9.37 Å². The van der Waals surface area contributed by atoms with Crippen LogP contribution in [0.25, 0.3) is 11.5 Å². The third kappa shape index (κ3) is 5.24. The maximum Gasteiger partial charge on any atom is 0.325 e. The molecular weight excluding hydrogens is 419 g/mol. The summed E-state index contributed by atoms with van der Waals surface area (Å²) < 4.78 is 24.1. The molecule has 1 N–H and O–H groups in total. The molecule has 0 spiro atoms. The second-order valence-electron chi connectivity index (χ2n) is 5.50. The van der Waals surface area contributed by atoms with Gasteiger partial charge in [0, 0.05) is 15.6 Å². The van der Waals surface area contributed by atoms with Gasteiger partial charge in [-0.3, -0.25) is 9.59 Å². The number of hydrogen-bond acceptors (Lipinski definition) is 5. The lowest BCUT2D eigenvalue weighted by Crippen LogP contribution is -2.30. The molecule has 3 aromatic rings. The van der Waals surface area contributed by atoms with Crippen LogP contribution in [0.5, 0.6) is 0 Å². The summed E-state index contributed by atoms with van der Waals surface area (Å²) in [7, 11) is 0. The third-order valence-electron chi connectivity index (χ3n) is 3.52. The second-order valence-corrected chi connectivity index (χ2v) is 6.42. The van der Waals surface area contributed by atoms with Gasteiger partial charge in [-0.1, -0.05) is 15.9 Å². The number of aromatic nitrogens is 1. The van der Waals surface area contributed by atoms with Crippen LogP contribution in [0.15, 0.2) is 63.7 Å². The van der Waals surface area contributed by atoms with Crippen LogP contribution < -0.4 is 5.32 Å². The van der Waals surface area contributed by atoms with E-state index in [2.05, 4.69) is 26.2 Å². The van der Waals surface area contributed by atoms with Crippen LogP contribution in [-0.2, 0) is 16.1 Å². The zero-order valence-electron chi connectivity index (χ0n) is 13.9. The van der Waals surface area contributed by atoms with Crippen molar-refractivity contribution in [3.63, 3.8) is 0 Å². The number of carbonyl (C=O) groups excluding carboxylic acids is 2. The monoisotopic (exact) mass is 432 g/mol. The molecule has 0 aliphatic rings. The smallest absolute Gasteiger partial charge is 0.325 e. The summed E-state index contributed by atoms with van der Waals surface area (Å²) in [4.78, 5) is 27.9. The van der Waals surface area contributed by atoms with E-state index in [0.29, 0.717) is 22.7 Å². The molecule has 0 saturated carbocycles. The lowest BCUT2D eigenvalue weighted by molar-refractivity contribution is -0.143. The number of carbonyl (C=O) groups is 2. The van der Waals surface area contributed by atoms with Crippen molar-refractivity contribution >= 4 is 27.8 Å². The fourth-order valence-corrected chi connectivity index (χ4v) is 2.42. The Balaban J connectivity index is 1.47. The van der Waals surface area contributed by atoms with Crippen molar-refractivity contribution in [2.24, 2.45) is 0 Å². The first-order valence-corrected chi connectivity index (χ1v) is 8.70. The number of hydrogen-bond donors (Lipinski definition) is 1. The van der Waals surface area contributed by atoms with E-state index in [1.807, 2.05) is 0 Å². The first-order valence-electron chi connectivity index (χ1n) is 7.91. The highest BCUT2D eigenvalue weighted by atomic mass is 79.9. The Hall–Kier alpha value is -3.00. The van der Waals surface area contributed by atoms with Crippen LogP contribution in [0.1, 0.15) is 16.1 Å². The molecule has 0 aliphatic heterocycles. The van der Waals surface area contributed by atoms with Crippen molar-refractivity contribution in [2.45, 2.75) is 6.61 Å². The van der Waals surface area contributed by atoms with Crippen LogP contribution in [0.4, 0.5) is 4.39 Å². The summed E-state index contributed by atoms with van der Waals surface area (Å²) in [6.07, 6.45) is 1.35. The molecule has 1 aromatic heterocycles. The zero-order chi connectivity index (χ0) is 19.2. The van der Waals surface area contributed by atoms with Gasteiger partial charge in [-0.15, -0.1) is 0 Å². The quantitative estimate of drug-likeness (QED) is 0.600. The van der Waals surface area contributed by atoms with Gasteiger partial charge in [0.25, 0.3) is 5.91 Å². The highest BCUT2D eigenvalue weighted by Gasteiger charge is 2.11. The minimum Gasteiger partial charge on any atom is -0.458 e. The lowest BCUT2D eigenvalue weighted by Gasteiger charge is -2.05. The molecule has 3 rings (SSSR count). The fourth-order valence-electron chi connectivity index (χ4n) is 2.16. The molecule has 138 valence electrons.